The summed E-state index contributed by atoms with van der Waals surface area (Å²) in [7, 11) is 1.75. The molecule has 1 aromatic heterocycles. The Kier molecular flexibility index (Phi) is 7.56. The van der Waals surface area contributed by atoms with Gasteiger partial charge in [0.2, 0.25) is 5.91 Å². The van der Waals surface area contributed by atoms with E-state index >= 15 is 0 Å². The van der Waals surface area contributed by atoms with Crippen LogP contribution in [0.4, 0.5) is 0 Å². The van der Waals surface area contributed by atoms with Crippen molar-refractivity contribution in [3.8, 4) is 0 Å². The highest BCUT2D eigenvalue weighted by Crippen LogP contribution is 2.40. The summed E-state index contributed by atoms with van der Waals surface area (Å²) in [6, 6.07) is 4.40. The largest absolute Gasteiger partial charge is 0.355 e. The van der Waals surface area contributed by atoms with E-state index in [1.165, 1.54) is 37.0 Å². The minimum atomic E-state index is 0.00503. The van der Waals surface area contributed by atoms with Crippen LogP contribution in [0.5, 0.6) is 0 Å². The van der Waals surface area contributed by atoms with E-state index < -0.39 is 0 Å². The SMILES string of the molecule is CCCNC(=O)CNC(=NC)NCC1(c2cccs2)CCCCC1. The third-order valence-corrected chi connectivity index (χ3v) is 5.78. The van der Waals surface area contributed by atoms with Gasteiger partial charge in [-0.2, -0.15) is 0 Å². The van der Waals surface area contributed by atoms with Crippen LogP contribution in [0.2, 0.25) is 0 Å². The first-order valence-corrected chi connectivity index (χ1v) is 9.83. The summed E-state index contributed by atoms with van der Waals surface area (Å²) in [6.45, 7) is 3.88. The normalized spacial score (nSPS) is 17.3. The van der Waals surface area contributed by atoms with E-state index in [0.29, 0.717) is 12.5 Å². The molecular weight excluding hydrogens is 320 g/mol. The molecule has 0 aromatic carbocycles. The number of guanidine groups is 1. The zero-order valence-electron chi connectivity index (χ0n) is 14.9. The van der Waals surface area contributed by atoms with Crippen molar-refractivity contribution in [3.63, 3.8) is 0 Å². The van der Waals surface area contributed by atoms with Crippen molar-refractivity contribution in [2.45, 2.75) is 50.9 Å². The molecule has 0 bridgehead atoms. The lowest BCUT2D eigenvalue weighted by atomic mass is 9.73. The Bertz CT molecular complexity index is 521. The average molecular weight is 351 g/mol. The molecule has 1 heterocycles. The van der Waals surface area contributed by atoms with Crippen LogP contribution in [0.3, 0.4) is 0 Å². The summed E-state index contributed by atoms with van der Waals surface area (Å²) in [4.78, 5) is 17.4. The second-order valence-electron chi connectivity index (χ2n) is 6.45. The van der Waals surface area contributed by atoms with Gasteiger partial charge in [0, 0.05) is 30.4 Å². The van der Waals surface area contributed by atoms with Crippen LogP contribution in [0.15, 0.2) is 22.5 Å². The fourth-order valence-corrected chi connectivity index (χ4v) is 4.27. The molecule has 0 aliphatic heterocycles. The van der Waals surface area contributed by atoms with Crippen molar-refractivity contribution < 1.29 is 4.79 Å². The number of aliphatic imine (C=N–C) groups is 1. The Labute approximate surface area is 149 Å². The highest BCUT2D eigenvalue weighted by Gasteiger charge is 2.34. The number of rotatable bonds is 7. The molecular formula is C18H30N4OS. The van der Waals surface area contributed by atoms with Crippen LogP contribution >= 0.6 is 11.3 Å². The standard InChI is InChI=1S/C18H30N4OS/c1-3-11-20-16(23)13-21-17(19-2)22-14-18(9-5-4-6-10-18)15-8-7-12-24-15/h7-8,12H,3-6,9-11,13-14H2,1-2H3,(H,20,23)(H2,19,21,22). The molecule has 1 amide bonds. The highest BCUT2D eigenvalue weighted by molar-refractivity contribution is 7.10. The van der Waals surface area contributed by atoms with Gasteiger partial charge in [0.05, 0.1) is 6.54 Å². The lowest BCUT2D eigenvalue weighted by Crippen LogP contribution is -2.48. The molecule has 2 rings (SSSR count). The van der Waals surface area contributed by atoms with Crippen LogP contribution < -0.4 is 16.0 Å². The van der Waals surface area contributed by atoms with Gasteiger partial charge in [-0.25, -0.2) is 0 Å². The maximum Gasteiger partial charge on any atom is 0.239 e. The molecule has 0 saturated heterocycles. The van der Waals surface area contributed by atoms with Gasteiger partial charge >= 0.3 is 0 Å². The predicted octanol–water partition coefficient (Wildman–Crippen LogP) is 2.64. The van der Waals surface area contributed by atoms with Gasteiger partial charge in [0.25, 0.3) is 0 Å². The Morgan fingerprint density at radius 3 is 2.67 bits per heavy atom. The van der Waals surface area contributed by atoms with Crippen LogP contribution in [-0.4, -0.2) is 38.5 Å². The third kappa shape index (κ3) is 5.23. The van der Waals surface area contributed by atoms with E-state index in [-0.39, 0.29) is 17.9 Å². The number of amides is 1. The summed E-state index contributed by atoms with van der Waals surface area (Å²) >= 11 is 1.85. The van der Waals surface area contributed by atoms with Crippen molar-refractivity contribution in [1.82, 2.24) is 16.0 Å². The van der Waals surface area contributed by atoms with E-state index in [2.05, 4.69) is 38.5 Å². The van der Waals surface area contributed by atoms with E-state index in [9.17, 15) is 4.79 Å². The number of hydrogen-bond acceptors (Lipinski definition) is 3. The quantitative estimate of drug-likeness (QED) is 0.523. The van der Waals surface area contributed by atoms with Crippen molar-refractivity contribution >= 4 is 23.2 Å². The first-order valence-electron chi connectivity index (χ1n) is 8.95. The molecule has 1 aliphatic rings. The minimum absolute atomic E-state index is 0.00503. The number of hydrogen-bond donors (Lipinski definition) is 3. The summed E-state index contributed by atoms with van der Waals surface area (Å²) in [5.41, 5.74) is 0.203. The number of thiophene rings is 1. The van der Waals surface area contributed by atoms with Crippen molar-refractivity contribution in [1.29, 1.82) is 0 Å². The molecule has 1 aromatic rings. The van der Waals surface area contributed by atoms with Crippen LogP contribution in [0.1, 0.15) is 50.3 Å². The number of carbonyl (C=O) groups excluding carboxylic acids is 1. The van der Waals surface area contributed by atoms with Crippen LogP contribution in [0.25, 0.3) is 0 Å². The summed E-state index contributed by atoms with van der Waals surface area (Å²) in [5.74, 6) is 0.702. The van der Waals surface area contributed by atoms with Crippen LogP contribution in [-0.2, 0) is 10.2 Å². The zero-order valence-corrected chi connectivity index (χ0v) is 15.7. The fourth-order valence-electron chi connectivity index (χ4n) is 3.28. The van der Waals surface area contributed by atoms with E-state index in [1.807, 2.05) is 18.3 Å². The third-order valence-electron chi connectivity index (χ3n) is 4.66. The Hall–Kier alpha value is -1.56. The molecule has 24 heavy (non-hydrogen) atoms. The molecule has 3 N–H and O–H groups in total. The average Bonchev–Trinajstić information content (AvgIpc) is 3.16. The van der Waals surface area contributed by atoms with Gasteiger partial charge < -0.3 is 16.0 Å². The Balaban J connectivity index is 1.89. The van der Waals surface area contributed by atoms with Gasteiger partial charge in [-0.3, -0.25) is 9.79 Å². The van der Waals surface area contributed by atoms with Gasteiger partial charge in [-0.15, -0.1) is 11.3 Å². The number of nitrogens with zero attached hydrogens (tertiary/aromatic N) is 1. The van der Waals surface area contributed by atoms with Crippen LogP contribution in [0, 0.1) is 0 Å². The van der Waals surface area contributed by atoms with E-state index in [0.717, 1.165) is 13.0 Å². The molecule has 1 saturated carbocycles. The first kappa shape index (κ1) is 18.8. The molecule has 5 nitrogen and oxygen atoms in total. The highest BCUT2D eigenvalue weighted by atomic mass is 32.1. The molecule has 1 fully saturated rings. The molecule has 134 valence electrons. The molecule has 6 heteroatoms. The predicted molar refractivity (Wildman–Crippen MR) is 102 cm³/mol. The molecule has 0 radical (unpaired) electrons. The zero-order chi connectivity index (χ0) is 17.3. The number of carbonyl (C=O) groups is 1. The summed E-state index contributed by atoms with van der Waals surface area (Å²) < 4.78 is 0. The van der Waals surface area contributed by atoms with E-state index in [1.54, 1.807) is 7.05 Å². The monoisotopic (exact) mass is 350 g/mol. The molecule has 1 aliphatic carbocycles. The summed E-state index contributed by atoms with van der Waals surface area (Å²) in [5, 5.41) is 11.6. The van der Waals surface area contributed by atoms with Gasteiger partial charge in [-0.05, 0) is 30.7 Å². The minimum Gasteiger partial charge on any atom is -0.355 e. The maximum atomic E-state index is 11.7. The molecule has 0 atom stereocenters. The lowest BCUT2D eigenvalue weighted by Gasteiger charge is -2.37. The van der Waals surface area contributed by atoms with Gasteiger partial charge in [-0.1, -0.05) is 32.3 Å². The maximum absolute atomic E-state index is 11.7. The van der Waals surface area contributed by atoms with Crippen molar-refractivity contribution in [2.75, 3.05) is 26.7 Å². The lowest BCUT2D eigenvalue weighted by molar-refractivity contribution is -0.120. The number of nitrogens with one attached hydrogen (secondary N) is 3. The fraction of sp³-hybridized carbons (Fsp3) is 0.667. The second-order valence-corrected chi connectivity index (χ2v) is 7.40. The molecule has 0 spiro atoms. The Morgan fingerprint density at radius 2 is 2.04 bits per heavy atom. The smallest absolute Gasteiger partial charge is 0.239 e. The van der Waals surface area contributed by atoms with Crippen molar-refractivity contribution in [3.05, 3.63) is 22.4 Å². The Morgan fingerprint density at radius 1 is 1.25 bits per heavy atom. The van der Waals surface area contributed by atoms with Crippen molar-refractivity contribution in [2.24, 2.45) is 4.99 Å². The first-order chi connectivity index (χ1) is 11.7. The molecule has 0 unspecified atom stereocenters. The van der Waals surface area contributed by atoms with E-state index in [4.69, 9.17) is 0 Å². The summed E-state index contributed by atoms with van der Waals surface area (Å²) in [6.07, 6.45) is 7.28. The van der Waals surface area contributed by atoms with Gasteiger partial charge in [0.1, 0.15) is 0 Å². The van der Waals surface area contributed by atoms with Gasteiger partial charge in [0.15, 0.2) is 5.96 Å². The second kappa shape index (κ2) is 9.67. The topological polar surface area (TPSA) is 65.5 Å².